The zero-order valence-electron chi connectivity index (χ0n) is 12.7. The van der Waals surface area contributed by atoms with Crippen LogP contribution in [-0.4, -0.2) is 10.8 Å². The summed E-state index contributed by atoms with van der Waals surface area (Å²) in [4.78, 5) is 15.6. The molecule has 106 valence electrons. The van der Waals surface area contributed by atoms with Gasteiger partial charge in [0.1, 0.15) is 5.78 Å². The highest BCUT2D eigenvalue weighted by Crippen LogP contribution is 2.32. The lowest BCUT2D eigenvalue weighted by molar-refractivity contribution is -0.124. The summed E-state index contributed by atoms with van der Waals surface area (Å²) in [7, 11) is 0. The monoisotopic (exact) mass is 269 g/mol. The standard InChI is InChI=1S/C18H23NO/c1-11-8-9-12(2)18-17(11)15(13(3)19-18)10-14-6-4-5-7-16(14)20/h8-9,14,19H,4-7,10H2,1-3H3. The number of carbonyl (C=O) groups excluding carboxylic acids is 1. The number of ketones is 1. The van der Waals surface area contributed by atoms with Crippen LogP contribution in [0.15, 0.2) is 12.1 Å². The predicted octanol–water partition coefficient (Wildman–Crippen LogP) is 4.39. The van der Waals surface area contributed by atoms with Gasteiger partial charge in [-0.05, 0) is 56.7 Å². The molecule has 20 heavy (non-hydrogen) atoms. The average Bonchev–Trinajstić information content (AvgIpc) is 2.75. The number of aromatic amines is 1. The molecule has 1 saturated carbocycles. The van der Waals surface area contributed by atoms with Gasteiger partial charge in [-0.3, -0.25) is 4.79 Å². The van der Waals surface area contributed by atoms with Gasteiger partial charge in [-0.1, -0.05) is 18.6 Å². The highest BCUT2D eigenvalue weighted by atomic mass is 16.1. The zero-order valence-corrected chi connectivity index (χ0v) is 12.7. The molecule has 0 amide bonds. The summed E-state index contributed by atoms with van der Waals surface area (Å²) in [5.41, 5.74) is 6.45. The number of aryl methyl sites for hydroxylation is 3. The fourth-order valence-corrected chi connectivity index (χ4v) is 3.58. The largest absolute Gasteiger partial charge is 0.358 e. The van der Waals surface area contributed by atoms with Gasteiger partial charge in [0.15, 0.2) is 0 Å². The summed E-state index contributed by atoms with van der Waals surface area (Å²) >= 11 is 0. The molecular formula is C18H23NO. The van der Waals surface area contributed by atoms with Crippen molar-refractivity contribution < 1.29 is 4.79 Å². The molecule has 0 bridgehead atoms. The van der Waals surface area contributed by atoms with Crippen molar-refractivity contribution in [2.24, 2.45) is 5.92 Å². The van der Waals surface area contributed by atoms with E-state index in [1.807, 2.05) is 0 Å². The minimum atomic E-state index is 0.237. The lowest BCUT2D eigenvalue weighted by atomic mass is 9.83. The summed E-state index contributed by atoms with van der Waals surface area (Å²) < 4.78 is 0. The van der Waals surface area contributed by atoms with Gasteiger partial charge in [0, 0.05) is 28.9 Å². The number of H-pyrrole nitrogens is 1. The van der Waals surface area contributed by atoms with Crippen LogP contribution < -0.4 is 0 Å². The van der Waals surface area contributed by atoms with Crippen molar-refractivity contribution >= 4 is 16.7 Å². The number of rotatable bonds is 2. The molecule has 0 radical (unpaired) electrons. The van der Waals surface area contributed by atoms with Crippen LogP contribution in [0.3, 0.4) is 0 Å². The van der Waals surface area contributed by atoms with Crippen LogP contribution in [0, 0.1) is 26.7 Å². The fraction of sp³-hybridized carbons (Fsp3) is 0.500. The van der Waals surface area contributed by atoms with Gasteiger partial charge in [0.25, 0.3) is 0 Å². The number of aromatic nitrogens is 1. The normalized spacial score (nSPS) is 19.8. The number of Topliss-reactive ketones (excluding diaryl/α,β-unsaturated/α-hetero) is 1. The van der Waals surface area contributed by atoms with Crippen LogP contribution in [-0.2, 0) is 11.2 Å². The second kappa shape index (κ2) is 5.08. The Kier molecular flexibility index (Phi) is 3.41. The van der Waals surface area contributed by atoms with Crippen molar-refractivity contribution in [3.05, 3.63) is 34.5 Å². The first kappa shape index (κ1) is 13.4. The Morgan fingerprint density at radius 1 is 1.15 bits per heavy atom. The Hall–Kier alpha value is -1.57. The van der Waals surface area contributed by atoms with Crippen LogP contribution >= 0.6 is 0 Å². The van der Waals surface area contributed by atoms with Crippen molar-refractivity contribution in [2.75, 3.05) is 0 Å². The summed E-state index contributed by atoms with van der Waals surface area (Å²) in [6.07, 6.45) is 5.05. The molecule has 1 atom stereocenters. The topological polar surface area (TPSA) is 32.9 Å². The van der Waals surface area contributed by atoms with Gasteiger partial charge < -0.3 is 4.98 Å². The molecule has 1 N–H and O–H groups in total. The molecule has 1 aromatic carbocycles. The number of benzene rings is 1. The Morgan fingerprint density at radius 3 is 2.65 bits per heavy atom. The Balaban J connectivity index is 2.05. The third-order valence-corrected chi connectivity index (χ3v) is 4.82. The molecule has 2 heteroatoms. The maximum Gasteiger partial charge on any atom is 0.136 e. The molecule has 3 rings (SSSR count). The van der Waals surface area contributed by atoms with E-state index >= 15 is 0 Å². The molecular weight excluding hydrogens is 246 g/mol. The van der Waals surface area contributed by atoms with Gasteiger partial charge in [0.2, 0.25) is 0 Å². The molecule has 1 heterocycles. The van der Waals surface area contributed by atoms with Crippen molar-refractivity contribution in [1.29, 1.82) is 0 Å². The van der Waals surface area contributed by atoms with E-state index in [2.05, 4.69) is 37.9 Å². The first-order valence-corrected chi connectivity index (χ1v) is 7.68. The van der Waals surface area contributed by atoms with Crippen molar-refractivity contribution in [3.63, 3.8) is 0 Å². The lowest BCUT2D eigenvalue weighted by Gasteiger charge is -2.20. The molecule has 1 aliphatic carbocycles. The van der Waals surface area contributed by atoms with Crippen LogP contribution in [0.25, 0.3) is 10.9 Å². The maximum atomic E-state index is 12.1. The van der Waals surface area contributed by atoms with E-state index in [-0.39, 0.29) is 5.92 Å². The molecule has 0 spiro atoms. The van der Waals surface area contributed by atoms with E-state index in [0.29, 0.717) is 5.78 Å². The Labute approximate surface area is 120 Å². The molecule has 1 aliphatic rings. The number of carbonyl (C=O) groups is 1. The van der Waals surface area contributed by atoms with Gasteiger partial charge >= 0.3 is 0 Å². The number of hydrogen-bond acceptors (Lipinski definition) is 1. The summed E-state index contributed by atoms with van der Waals surface area (Å²) in [6.45, 7) is 6.45. The highest BCUT2D eigenvalue weighted by molar-refractivity contribution is 5.91. The summed E-state index contributed by atoms with van der Waals surface area (Å²) in [6, 6.07) is 4.36. The fourth-order valence-electron chi connectivity index (χ4n) is 3.58. The van der Waals surface area contributed by atoms with Crippen LogP contribution in [0.1, 0.15) is 48.1 Å². The van der Waals surface area contributed by atoms with E-state index in [1.165, 1.54) is 39.7 Å². The summed E-state index contributed by atoms with van der Waals surface area (Å²) in [5, 5.41) is 1.35. The minimum Gasteiger partial charge on any atom is -0.358 e. The van der Waals surface area contributed by atoms with E-state index in [0.717, 1.165) is 25.7 Å². The third kappa shape index (κ3) is 2.17. The minimum absolute atomic E-state index is 0.237. The molecule has 1 fully saturated rings. The van der Waals surface area contributed by atoms with Gasteiger partial charge in [-0.2, -0.15) is 0 Å². The van der Waals surface area contributed by atoms with Gasteiger partial charge in [0.05, 0.1) is 0 Å². The quantitative estimate of drug-likeness (QED) is 0.861. The first-order chi connectivity index (χ1) is 9.58. The second-order valence-electron chi connectivity index (χ2n) is 6.29. The van der Waals surface area contributed by atoms with Crippen LogP contribution in [0.5, 0.6) is 0 Å². The van der Waals surface area contributed by atoms with Crippen LogP contribution in [0.2, 0.25) is 0 Å². The zero-order chi connectivity index (χ0) is 14.3. The highest BCUT2D eigenvalue weighted by Gasteiger charge is 2.24. The van der Waals surface area contributed by atoms with Gasteiger partial charge in [-0.15, -0.1) is 0 Å². The SMILES string of the molecule is Cc1[nH]c2c(C)ccc(C)c2c1CC1CCCCC1=O. The number of fused-ring (bicyclic) bond motifs is 1. The third-order valence-electron chi connectivity index (χ3n) is 4.82. The summed E-state index contributed by atoms with van der Waals surface area (Å²) in [5.74, 6) is 0.705. The second-order valence-corrected chi connectivity index (χ2v) is 6.29. The van der Waals surface area contributed by atoms with E-state index < -0.39 is 0 Å². The molecule has 1 aromatic heterocycles. The number of hydrogen-bond donors (Lipinski definition) is 1. The van der Waals surface area contributed by atoms with Crippen LogP contribution in [0.4, 0.5) is 0 Å². The van der Waals surface area contributed by atoms with E-state index in [1.54, 1.807) is 0 Å². The van der Waals surface area contributed by atoms with Gasteiger partial charge in [-0.25, -0.2) is 0 Å². The van der Waals surface area contributed by atoms with E-state index in [9.17, 15) is 4.79 Å². The maximum absolute atomic E-state index is 12.1. The number of nitrogens with one attached hydrogen (secondary N) is 1. The Morgan fingerprint density at radius 2 is 1.90 bits per heavy atom. The predicted molar refractivity (Wildman–Crippen MR) is 83.2 cm³/mol. The smallest absolute Gasteiger partial charge is 0.136 e. The van der Waals surface area contributed by atoms with Crippen molar-refractivity contribution in [2.45, 2.75) is 52.9 Å². The van der Waals surface area contributed by atoms with Crippen molar-refractivity contribution in [1.82, 2.24) is 4.98 Å². The molecule has 0 saturated heterocycles. The van der Waals surface area contributed by atoms with Crippen molar-refractivity contribution in [3.8, 4) is 0 Å². The molecule has 0 aliphatic heterocycles. The molecule has 1 unspecified atom stereocenters. The average molecular weight is 269 g/mol. The Bertz CT molecular complexity index is 666. The molecule has 2 nitrogen and oxygen atoms in total. The van der Waals surface area contributed by atoms with E-state index in [4.69, 9.17) is 0 Å². The first-order valence-electron chi connectivity index (χ1n) is 7.68. The molecule has 2 aromatic rings. The lowest BCUT2D eigenvalue weighted by Crippen LogP contribution is -2.21.